The number of para-hydroxylation sites is 1. The number of rotatable bonds is 3. The van der Waals surface area contributed by atoms with Gasteiger partial charge in [-0.15, -0.1) is 0 Å². The predicted molar refractivity (Wildman–Crippen MR) is 84.0 cm³/mol. The molecule has 0 spiro atoms. The minimum atomic E-state index is -1.46. The highest BCUT2D eigenvalue weighted by Crippen LogP contribution is 2.35. The second kappa shape index (κ2) is 6.13. The number of benzene rings is 2. The van der Waals surface area contributed by atoms with E-state index in [9.17, 15) is 17.6 Å². The van der Waals surface area contributed by atoms with Crippen LogP contribution >= 0.6 is 0 Å². The third-order valence-electron chi connectivity index (χ3n) is 3.85. The molecule has 0 fully saturated rings. The number of hydrogen-bond donors (Lipinski definition) is 2. The second-order valence-corrected chi connectivity index (χ2v) is 5.59. The minimum Gasteiger partial charge on any atom is -0.354 e. The summed E-state index contributed by atoms with van der Waals surface area (Å²) in [7, 11) is 0. The zero-order valence-electron chi connectivity index (χ0n) is 12.5. The highest BCUT2D eigenvalue weighted by molar-refractivity contribution is 5.53. The van der Waals surface area contributed by atoms with Crippen LogP contribution in [0, 0.1) is 23.3 Å². The van der Waals surface area contributed by atoms with Gasteiger partial charge in [0, 0.05) is 17.7 Å². The number of halogens is 4. The summed E-state index contributed by atoms with van der Waals surface area (Å²) in [6.07, 6.45) is 4.46. The minimum absolute atomic E-state index is 0.0465. The van der Waals surface area contributed by atoms with Crippen LogP contribution in [0.15, 0.2) is 60.3 Å². The second-order valence-electron chi connectivity index (χ2n) is 5.59. The standard InChI is InChI=1S/C18H14F4N2/c19-12-5-1-6-13(20)16(12)18(23)9-3-4-11(10-18)24-17-14(21)7-2-8-15(17)22/h1-9,24H,10,23H2. The van der Waals surface area contributed by atoms with Crippen molar-refractivity contribution in [2.45, 2.75) is 12.0 Å². The molecule has 3 N–H and O–H groups in total. The molecule has 1 aliphatic rings. The van der Waals surface area contributed by atoms with Crippen molar-refractivity contribution in [3.8, 4) is 0 Å². The molecule has 6 heteroatoms. The van der Waals surface area contributed by atoms with Crippen LogP contribution in [0.25, 0.3) is 0 Å². The Bertz CT molecular complexity index is 804. The van der Waals surface area contributed by atoms with Crippen molar-refractivity contribution >= 4 is 5.69 Å². The maximum Gasteiger partial charge on any atom is 0.149 e. The SMILES string of the molecule is NC1(c2c(F)cccc2F)C=CC=C(Nc2c(F)cccc2F)C1. The van der Waals surface area contributed by atoms with E-state index < -0.39 is 28.8 Å². The van der Waals surface area contributed by atoms with Crippen LogP contribution < -0.4 is 11.1 Å². The van der Waals surface area contributed by atoms with Gasteiger partial charge in [-0.2, -0.15) is 0 Å². The summed E-state index contributed by atoms with van der Waals surface area (Å²) in [4.78, 5) is 0. The van der Waals surface area contributed by atoms with E-state index >= 15 is 0 Å². The van der Waals surface area contributed by atoms with Crippen LogP contribution in [0.2, 0.25) is 0 Å². The predicted octanol–water partition coefficient (Wildman–Crippen LogP) is 4.35. The Balaban J connectivity index is 1.92. The van der Waals surface area contributed by atoms with Crippen molar-refractivity contribution < 1.29 is 17.6 Å². The van der Waals surface area contributed by atoms with Crippen LogP contribution in [-0.2, 0) is 5.54 Å². The topological polar surface area (TPSA) is 38.0 Å². The molecule has 0 heterocycles. The lowest BCUT2D eigenvalue weighted by molar-refractivity contribution is 0.460. The highest BCUT2D eigenvalue weighted by atomic mass is 19.1. The molecule has 0 radical (unpaired) electrons. The Hall–Kier alpha value is -2.60. The van der Waals surface area contributed by atoms with Gasteiger partial charge in [0.1, 0.15) is 29.0 Å². The number of anilines is 1. The fourth-order valence-electron chi connectivity index (χ4n) is 2.75. The third-order valence-corrected chi connectivity index (χ3v) is 3.85. The largest absolute Gasteiger partial charge is 0.354 e. The average molecular weight is 334 g/mol. The molecule has 3 rings (SSSR count). The highest BCUT2D eigenvalue weighted by Gasteiger charge is 2.33. The summed E-state index contributed by atoms with van der Waals surface area (Å²) in [6, 6.07) is 6.93. The first-order chi connectivity index (χ1) is 11.4. The monoisotopic (exact) mass is 334 g/mol. The normalized spacial score (nSPS) is 20.0. The van der Waals surface area contributed by atoms with Gasteiger partial charge in [-0.1, -0.05) is 24.3 Å². The van der Waals surface area contributed by atoms with E-state index in [1.54, 1.807) is 6.08 Å². The summed E-state index contributed by atoms with van der Waals surface area (Å²) in [5.41, 5.74) is 4.42. The summed E-state index contributed by atoms with van der Waals surface area (Å²) in [5, 5.41) is 2.62. The summed E-state index contributed by atoms with van der Waals surface area (Å²) in [5.74, 6) is -3.10. The van der Waals surface area contributed by atoms with E-state index in [0.717, 1.165) is 24.3 Å². The van der Waals surface area contributed by atoms with Gasteiger partial charge in [-0.3, -0.25) is 0 Å². The number of allylic oxidation sites excluding steroid dienone is 2. The smallest absolute Gasteiger partial charge is 0.149 e. The van der Waals surface area contributed by atoms with Gasteiger partial charge in [0.2, 0.25) is 0 Å². The van der Waals surface area contributed by atoms with Gasteiger partial charge >= 0.3 is 0 Å². The van der Waals surface area contributed by atoms with Gasteiger partial charge in [-0.05, 0) is 30.3 Å². The molecular formula is C18H14F4N2. The zero-order valence-corrected chi connectivity index (χ0v) is 12.5. The molecule has 2 nitrogen and oxygen atoms in total. The fourth-order valence-corrected chi connectivity index (χ4v) is 2.75. The Kier molecular flexibility index (Phi) is 4.15. The Morgan fingerprint density at radius 3 is 2.00 bits per heavy atom. The molecule has 0 bridgehead atoms. The molecule has 2 aromatic carbocycles. The van der Waals surface area contributed by atoms with Gasteiger partial charge in [0.25, 0.3) is 0 Å². The third kappa shape index (κ3) is 2.92. The molecule has 1 atom stereocenters. The van der Waals surface area contributed by atoms with Crippen molar-refractivity contribution in [1.29, 1.82) is 0 Å². The number of nitrogens with one attached hydrogen (secondary N) is 1. The van der Waals surface area contributed by atoms with Gasteiger partial charge in [0.15, 0.2) is 0 Å². The number of hydrogen-bond acceptors (Lipinski definition) is 2. The average Bonchev–Trinajstić information content (AvgIpc) is 2.51. The van der Waals surface area contributed by atoms with Crippen molar-refractivity contribution in [2.24, 2.45) is 5.73 Å². The van der Waals surface area contributed by atoms with Crippen LogP contribution in [-0.4, -0.2) is 0 Å². The summed E-state index contributed by atoms with van der Waals surface area (Å²) in [6.45, 7) is 0. The molecule has 1 unspecified atom stereocenters. The molecule has 24 heavy (non-hydrogen) atoms. The van der Waals surface area contributed by atoms with Crippen molar-refractivity contribution in [1.82, 2.24) is 0 Å². The lowest BCUT2D eigenvalue weighted by Gasteiger charge is -2.31. The molecule has 0 saturated carbocycles. The van der Waals surface area contributed by atoms with Crippen LogP contribution in [0.3, 0.4) is 0 Å². The summed E-state index contributed by atoms with van der Waals surface area (Å²) < 4.78 is 55.6. The molecule has 0 aromatic heterocycles. The quantitative estimate of drug-likeness (QED) is 0.819. The lowest BCUT2D eigenvalue weighted by Crippen LogP contribution is -2.39. The van der Waals surface area contributed by atoms with Crippen LogP contribution in [0.4, 0.5) is 23.2 Å². The molecule has 0 saturated heterocycles. The van der Waals surface area contributed by atoms with Crippen molar-refractivity contribution in [2.75, 3.05) is 5.32 Å². The fraction of sp³-hybridized carbons (Fsp3) is 0.111. The first-order valence-electron chi connectivity index (χ1n) is 7.23. The molecular weight excluding hydrogens is 320 g/mol. The van der Waals surface area contributed by atoms with E-state index in [2.05, 4.69) is 5.32 Å². The van der Waals surface area contributed by atoms with E-state index in [1.807, 2.05) is 0 Å². The van der Waals surface area contributed by atoms with Gasteiger partial charge < -0.3 is 11.1 Å². The molecule has 0 amide bonds. The van der Waals surface area contributed by atoms with E-state index in [-0.39, 0.29) is 17.7 Å². The maximum atomic E-state index is 14.0. The summed E-state index contributed by atoms with van der Waals surface area (Å²) >= 11 is 0. The number of nitrogens with two attached hydrogens (primary N) is 1. The van der Waals surface area contributed by atoms with Crippen molar-refractivity contribution in [3.63, 3.8) is 0 Å². The molecule has 2 aromatic rings. The first-order valence-corrected chi connectivity index (χ1v) is 7.23. The molecule has 1 aliphatic carbocycles. The van der Waals surface area contributed by atoms with Crippen LogP contribution in [0.5, 0.6) is 0 Å². The zero-order chi connectivity index (χ0) is 17.3. The molecule has 124 valence electrons. The van der Waals surface area contributed by atoms with Crippen LogP contribution in [0.1, 0.15) is 12.0 Å². The van der Waals surface area contributed by atoms with Gasteiger partial charge in [-0.25, -0.2) is 17.6 Å². The van der Waals surface area contributed by atoms with E-state index in [0.29, 0.717) is 5.70 Å². The Morgan fingerprint density at radius 1 is 0.875 bits per heavy atom. The molecule has 0 aliphatic heterocycles. The van der Waals surface area contributed by atoms with Crippen molar-refractivity contribution in [3.05, 3.63) is 89.2 Å². The lowest BCUT2D eigenvalue weighted by atomic mass is 9.82. The van der Waals surface area contributed by atoms with Gasteiger partial charge in [0.05, 0.1) is 5.54 Å². The first kappa shape index (κ1) is 16.3. The Labute approximate surface area is 136 Å². The maximum absolute atomic E-state index is 14.0. The van der Waals surface area contributed by atoms with E-state index in [1.165, 1.54) is 24.3 Å². The Morgan fingerprint density at radius 2 is 1.42 bits per heavy atom. The van der Waals surface area contributed by atoms with E-state index in [4.69, 9.17) is 5.73 Å².